The van der Waals surface area contributed by atoms with E-state index in [0.717, 1.165) is 12.8 Å². The van der Waals surface area contributed by atoms with Crippen molar-refractivity contribution in [2.45, 2.75) is 12.8 Å². The summed E-state index contributed by atoms with van der Waals surface area (Å²) in [6.07, 6.45) is 3.60. The van der Waals surface area contributed by atoms with E-state index in [-0.39, 0.29) is 0 Å². The number of hydrogen-bond donors (Lipinski definition) is 1. The predicted octanol–water partition coefficient (Wildman–Crippen LogP) is 2.31. The fourth-order valence-corrected chi connectivity index (χ4v) is 1.18. The van der Waals surface area contributed by atoms with Gasteiger partial charge in [-0.25, -0.2) is 0 Å². The van der Waals surface area contributed by atoms with Gasteiger partial charge in [0.05, 0.1) is 10.7 Å². The van der Waals surface area contributed by atoms with E-state index in [0.29, 0.717) is 15.8 Å². The summed E-state index contributed by atoms with van der Waals surface area (Å²) in [5, 5.41) is 1.27. The number of halogens is 2. The first-order chi connectivity index (χ1) is 4.22. The number of rotatable bonds is 0. The Morgan fingerprint density at radius 2 is 2.11 bits per heavy atom. The minimum atomic E-state index is 0.532. The molecule has 0 bridgehead atoms. The van der Waals surface area contributed by atoms with Crippen LogP contribution in [0.3, 0.4) is 0 Å². The molecule has 2 N–H and O–H groups in total. The lowest BCUT2D eigenvalue weighted by Crippen LogP contribution is -2.03. The van der Waals surface area contributed by atoms with Gasteiger partial charge >= 0.3 is 0 Å². The third-order valence-electron chi connectivity index (χ3n) is 1.24. The van der Waals surface area contributed by atoms with Crippen molar-refractivity contribution in [1.82, 2.24) is 0 Å². The molecule has 0 aromatic carbocycles. The highest BCUT2D eigenvalue weighted by molar-refractivity contribution is 6.35. The van der Waals surface area contributed by atoms with Crippen LogP contribution in [-0.2, 0) is 0 Å². The fraction of sp³-hybridized carbons (Fsp3) is 0.333. The Bertz CT molecular complexity index is 181. The highest BCUT2D eigenvalue weighted by Crippen LogP contribution is 2.26. The van der Waals surface area contributed by atoms with Crippen LogP contribution in [-0.4, -0.2) is 0 Å². The molecule has 1 aliphatic rings. The summed E-state index contributed by atoms with van der Waals surface area (Å²) in [7, 11) is 0. The molecule has 9 heavy (non-hydrogen) atoms. The normalized spacial score (nSPS) is 20.0. The standard InChI is InChI=1S/C6H7Cl2N/c7-4-2-1-3-5(8)6(4)9/h2H,1,3,9H2. The molecule has 0 atom stereocenters. The van der Waals surface area contributed by atoms with Gasteiger partial charge in [0.1, 0.15) is 0 Å². The Morgan fingerprint density at radius 1 is 1.44 bits per heavy atom. The van der Waals surface area contributed by atoms with Crippen LogP contribution in [0.5, 0.6) is 0 Å². The first kappa shape index (κ1) is 6.97. The second-order valence-corrected chi connectivity index (χ2v) is 2.77. The molecule has 3 heteroatoms. The molecule has 0 fully saturated rings. The molecule has 0 aliphatic heterocycles. The second-order valence-electron chi connectivity index (χ2n) is 1.91. The van der Waals surface area contributed by atoms with Crippen molar-refractivity contribution in [3.8, 4) is 0 Å². The van der Waals surface area contributed by atoms with Crippen molar-refractivity contribution >= 4 is 23.2 Å². The lowest BCUT2D eigenvalue weighted by atomic mass is 10.1. The fourth-order valence-electron chi connectivity index (χ4n) is 0.700. The lowest BCUT2D eigenvalue weighted by molar-refractivity contribution is 0.983. The van der Waals surface area contributed by atoms with E-state index >= 15 is 0 Å². The van der Waals surface area contributed by atoms with Crippen molar-refractivity contribution < 1.29 is 0 Å². The van der Waals surface area contributed by atoms with Gasteiger partial charge in [0, 0.05) is 5.03 Å². The van der Waals surface area contributed by atoms with Gasteiger partial charge in [0.2, 0.25) is 0 Å². The summed E-state index contributed by atoms with van der Waals surface area (Å²) < 4.78 is 0. The van der Waals surface area contributed by atoms with Gasteiger partial charge in [-0.15, -0.1) is 0 Å². The molecule has 1 rings (SSSR count). The Kier molecular flexibility index (Phi) is 2.04. The van der Waals surface area contributed by atoms with E-state index in [1.807, 2.05) is 6.08 Å². The van der Waals surface area contributed by atoms with Crippen LogP contribution in [0.1, 0.15) is 12.8 Å². The summed E-state index contributed by atoms with van der Waals surface area (Å²) in [4.78, 5) is 0. The van der Waals surface area contributed by atoms with Crippen molar-refractivity contribution in [1.29, 1.82) is 0 Å². The van der Waals surface area contributed by atoms with E-state index in [1.165, 1.54) is 0 Å². The second kappa shape index (κ2) is 2.63. The molecule has 0 unspecified atom stereocenters. The Labute approximate surface area is 64.1 Å². The lowest BCUT2D eigenvalue weighted by Gasteiger charge is -2.08. The zero-order chi connectivity index (χ0) is 6.85. The van der Waals surface area contributed by atoms with Crippen LogP contribution in [0.25, 0.3) is 0 Å². The van der Waals surface area contributed by atoms with Crippen molar-refractivity contribution in [3.63, 3.8) is 0 Å². The maximum Gasteiger partial charge on any atom is 0.0647 e. The van der Waals surface area contributed by atoms with Crippen LogP contribution in [0, 0.1) is 0 Å². The molecular weight excluding hydrogens is 157 g/mol. The molecule has 0 spiro atoms. The van der Waals surface area contributed by atoms with Crippen molar-refractivity contribution in [2.24, 2.45) is 5.73 Å². The largest absolute Gasteiger partial charge is 0.397 e. The zero-order valence-electron chi connectivity index (χ0n) is 4.82. The summed E-state index contributed by atoms with van der Waals surface area (Å²) in [5.41, 5.74) is 6.00. The molecule has 0 radical (unpaired) electrons. The third-order valence-corrected chi connectivity index (χ3v) is 1.99. The Hall–Kier alpha value is -0.140. The number of hydrogen-bond acceptors (Lipinski definition) is 1. The van der Waals surface area contributed by atoms with Crippen LogP contribution in [0.4, 0.5) is 0 Å². The predicted molar refractivity (Wildman–Crippen MR) is 40.2 cm³/mol. The minimum Gasteiger partial charge on any atom is -0.397 e. The zero-order valence-corrected chi connectivity index (χ0v) is 6.34. The first-order valence-corrected chi connectivity index (χ1v) is 3.47. The maximum atomic E-state index is 5.69. The van der Waals surface area contributed by atoms with Crippen molar-refractivity contribution in [3.05, 3.63) is 21.8 Å². The smallest absolute Gasteiger partial charge is 0.0647 e. The maximum absolute atomic E-state index is 5.69. The molecule has 1 aliphatic carbocycles. The van der Waals surface area contributed by atoms with Crippen LogP contribution < -0.4 is 5.73 Å². The third kappa shape index (κ3) is 1.41. The van der Waals surface area contributed by atoms with Gasteiger partial charge < -0.3 is 5.73 Å². The van der Waals surface area contributed by atoms with E-state index in [1.54, 1.807) is 0 Å². The molecule has 0 amide bonds. The molecule has 0 aromatic rings. The monoisotopic (exact) mass is 163 g/mol. The molecule has 0 aromatic heterocycles. The topological polar surface area (TPSA) is 26.0 Å². The summed E-state index contributed by atoms with van der Waals surface area (Å²) in [6.45, 7) is 0. The van der Waals surface area contributed by atoms with Gasteiger partial charge in [-0.2, -0.15) is 0 Å². The van der Waals surface area contributed by atoms with Gasteiger partial charge in [-0.05, 0) is 12.8 Å². The Balaban J connectivity index is 2.88. The average molecular weight is 164 g/mol. The first-order valence-electron chi connectivity index (χ1n) is 2.72. The molecule has 0 saturated heterocycles. The molecule has 0 heterocycles. The van der Waals surface area contributed by atoms with Crippen LogP contribution >= 0.6 is 23.2 Å². The number of allylic oxidation sites excluding steroid dienone is 3. The highest BCUT2D eigenvalue weighted by atomic mass is 35.5. The van der Waals surface area contributed by atoms with Gasteiger partial charge in [0.25, 0.3) is 0 Å². The molecular formula is C6H7Cl2N. The Morgan fingerprint density at radius 3 is 2.56 bits per heavy atom. The van der Waals surface area contributed by atoms with Crippen LogP contribution in [0.2, 0.25) is 0 Å². The van der Waals surface area contributed by atoms with E-state index in [2.05, 4.69) is 0 Å². The van der Waals surface area contributed by atoms with E-state index < -0.39 is 0 Å². The SMILES string of the molecule is NC1=C(Cl)CCC=C1Cl. The van der Waals surface area contributed by atoms with Crippen LogP contribution in [0.15, 0.2) is 21.8 Å². The summed E-state index contributed by atoms with van der Waals surface area (Å²) in [5.74, 6) is 0. The quantitative estimate of drug-likeness (QED) is 0.584. The molecule has 50 valence electrons. The summed E-state index contributed by atoms with van der Waals surface area (Å²) in [6, 6.07) is 0. The van der Waals surface area contributed by atoms with Gasteiger partial charge in [-0.1, -0.05) is 29.3 Å². The van der Waals surface area contributed by atoms with Crippen molar-refractivity contribution in [2.75, 3.05) is 0 Å². The highest BCUT2D eigenvalue weighted by Gasteiger charge is 2.08. The molecule has 0 saturated carbocycles. The molecule has 1 nitrogen and oxygen atoms in total. The number of nitrogens with two attached hydrogens (primary N) is 1. The average Bonchev–Trinajstić information content (AvgIpc) is 1.83. The van der Waals surface area contributed by atoms with E-state index in [9.17, 15) is 0 Å². The minimum absolute atomic E-state index is 0.532. The summed E-state index contributed by atoms with van der Waals surface area (Å²) >= 11 is 11.3. The van der Waals surface area contributed by atoms with Gasteiger partial charge in [-0.3, -0.25) is 0 Å². The van der Waals surface area contributed by atoms with Gasteiger partial charge in [0.15, 0.2) is 0 Å². The van der Waals surface area contributed by atoms with E-state index in [4.69, 9.17) is 28.9 Å².